The number of nitrogens with one attached hydrogen (secondary N) is 1. The number of piperazine rings is 1. The van der Waals surface area contributed by atoms with Gasteiger partial charge in [0.1, 0.15) is 0 Å². The van der Waals surface area contributed by atoms with Crippen LogP contribution in [0.4, 0.5) is 13.2 Å². The van der Waals surface area contributed by atoms with E-state index in [-0.39, 0.29) is 11.8 Å². The lowest BCUT2D eigenvalue weighted by Crippen LogP contribution is -2.47. The van der Waals surface area contributed by atoms with Crippen molar-refractivity contribution in [3.05, 3.63) is 34.9 Å². The zero-order valence-electron chi connectivity index (χ0n) is 19.2. The van der Waals surface area contributed by atoms with Crippen molar-refractivity contribution in [2.45, 2.75) is 32.9 Å². The first-order chi connectivity index (χ1) is 15.5. The van der Waals surface area contributed by atoms with Gasteiger partial charge in [-0.05, 0) is 32.4 Å². The summed E-state index contributed by atoms with van der Waals surface area (Å²) in [6, 6.07) is 5.88. The van der Waals surface area contributed by atoms with Crippen LogP contribution in [0.3, 0.4) is 0 Å². The van der Waals surface area contributed by atoms with E-state index in [2.05, 4.69) is 11.4 Å². The number of halogens is 3. The average molecular weight is 476 g/mol. The number of hydrogen-bond acceptors (Lipinski definition) is 5. The van der Waals surface area contributed by atoms with E-state index in [9.17, 15) is 22.8 Å². The molecule has 1 fully saturated rings. The fraction of sp³-hybridized carbons (Fsp3) is 0.591. The Labute approximate surface area is 191 Å². The van der Waals surface area contributed by atoms with Crippen LogP contribution in [0.15, 0.2) is 18.2 Å². The minimum atomic E-state index is -5.08. The molecule has 8 nitrogen and oxygen atoms in total. The van der Waals surface area contributed by atoms with Crippen molar-refractivity contribution >= 4 is 17.8 Å². The SMILES string of the molecule is COCCCN(CCC(=O)N1CCNCC1)C(=O)c1cc(C)cc(C)c1.O=C(O)C(F)(F)F. The molecule has 11 heteroatoms. The maximum Gasteiger partial charge on any atom is 0.490 e. The van der Waals surface area contributed by atoms with Gasteiger partial charge in [-0.2, -0.15) is 13.2 Å². The standard InChI is InChI=1S/C20H31N3O3.C2HF3O2/c1-16-13-17(2)15-18(14-16)20(25)23(8-4-12-26-3)9-5-19(24)22-10-6-21-7-11-22;3-2(4,5)1(6)7/h13-15,21H,4-12H2,1-3H3;(H,6,7). The van der Waals surface area contributed by atoms with Gasteiger partial charge in [0.05, 0.1) is 0 Å². The second-order valence-electron chi connectivity index (χ2n) is 7.70. The number of aryl methyl sites for hydroxylation is 2. The van der Waals surface area contributed by atoms with E-state index in [1.807, 2.05) is 30.9 Å². The molecule has 0 saturated carbocycles. The van der Waals surface area contributed by atoms with Crippen LogP contribution in [-0.4, -0.2) is 91.9 Å². The zero-order valence-corrected chi connectivity index (χ0v) is 19.2. The highest BCUT2D eigenvalue weighted by molar-refractivity contribution is 5.95. The maximum atomic E-state index is 13.0. The lowest BCUT2D eigenvalue weighted by molar-refractivity contribution is -0.192. The fourth-order valence-corrected chi connectivity index (χ4v) is 3.30. The molecule has 0 aromatic heterocycles. The van der Waals surface area contributed by atoms with Gasteiger partial charge in [0, 0.05) is 65.0 Å². The molecule has 2 rings (SSSR count). The van der Waals surface area contributed by atoms with Gasteiger partial charge in [0.15, 0.2) is 0 Å². The summed E-state index contributed by atoms with van der Waals surface area (Å²) >= 11 is 0. The van der Waals surface area contributed by atoms with E-state index in [1.165, 1.54) is 0 Å². The second-order valence-corrected chi connectivity index (χ2v) is 7.70. The molecular formula is C22H32F3N3O5. The van der Waals surface area contributed by atoms with Crippen LogP contribution in [0.5, 0.6) is 0 Å². The summed E-state index contributed by atoms with van der Waals surface area (Å²) in [4.78, 5) is 38.0. The third-order valence-electron chi connectivity index (χ3n) is 4.84. The summed E-state index contributed by atoms with van der Waals surface area (Å²) in [5.41, 5.74) is 2.83. The number of amides is 2. The third kappa shape index (κ3) is 10.7. The number of carboxylic acids is 1. The van der Waals surface area contributed by atoms with Crippen LogP contribution in [-0.2, 0) is 14.3 Å². The zero-order chi connectivity index (χ0) is 25.0. The summed E-state index contributed by atoms with van der Waals surface area (Å²) in [6.45, 7) is 8.78. The minimum absolute atomic E-state index is 0.0130. The molecule has 1 aromatic carbocycles. The molecule has 0 bridgehead atoms. The lowest BCUT2D eigenvalue weighted by atomic mass is 10.1. The van der Waals surface area contributed by atoms with Crippen molar-refractivity contribution < 1.29 is 37.4 Å². The molecule has 0 atom stereocenters. The first kappa shape index (κ1) is 28.4. The molecule has 1 aliphatic heterocycles. The molecular weight excluding hydrogens is 443 g/mol. The first-order valence-corrected chi connectivity index (χ1v) is 10.6. The molecule has 0 spiro atoms. The Morgan fingerprint density at radius 2 is 1.64 bits per heavy atom. The maximum absolute atomic E-state index is 13.0. The van der Waals surface area contributed by atoms with Gasteiger partial charge in [-0.15, -0.1) is 0 Å². The average Bonchev–Trinajstić information content (AvgIpc) is 2.75. The van der Waals surface area contributed by atoms with Crippen LogP contribution >= 0.6 is 0 Å². The van der Waals surface area contributed by atoms with E-state index < -0.39 is 12.1 Å². The Hall–Kier alpha value is -2.66. The van der Waals surface area contributed by atoms with E-state index in [1.54, 1.807) is 12.0 Å². The van der Waals surface area contributed by atoms with E-state index in [0.717, 1.165) is 43.7 Å². The molecule has 1 heterocycles. The Kier molecular flexibility index (Phi) is 11.9. The monoisotopic (exact) mass is 475 g/mol. The third-order valence-corrected chi connectivity index (χ3v) is 4.84. The van der Waals surface area contributed by atoms with Crippen molar-refractivity contribution in [2.75, 3.05) is 53.0 Å². The number of aliphatic carboxylic acids is 1. The molecule has 1 saturated heterocycles. The number of alkyl halides is 3. The van der Waals surface area contributed by atoms with Gasteiger partial charge < -0.3 is 25.0 Å². The summed E-state index contributed by atoms with van der Waals surface area (Å²) in [6.07, 6.45) is -3.96. The predicted octanol–water partition coefficient (Wildman–Crippen LogP) is 2.24. The highest BCUT2D eigenvalue weighted by Gasteiger charge is 2.38. The Morgan fingerprint density at radius 1 is 1.09 bits per heavy atom. The van der Waals surface area contributed by atoms with Crippen LogP contribution in [0.2, 0.25) is 0 Å². The molecule has 0 unspecified atom stereocenters. The van der Waals surface area contributed by atoms with Gasteiger partial charge in [-0.3, -0.25) is 9.59 Å². The van der Waals surface area contributed by atoms with Crippen molar-refractivity contribution in [1.29, 1.82) is 0 Å². The molecule has 33 heavy (non-hydrogen) atoms. The van der Waals surface area contributed by atoms with Gasteiger partial charge in [0.25, 0.3) is 5.91 Å². The smallest absolute Gasteiger partial charge is 0.475 e. The molecule has 186 valence electrons. The number of hydrogen-bond donors (Lipinski definition) is 2. The number of nitrogens with zero attached hydrogens (tertiary/aromatic N) is 2. The summed E-state index contributed by atoms with van der Waals surface area (Å²) < 4.78 is 36.9. The number of rotatable bonds is 8. The first-order valence-electron chi connectivity index (χ1n) is 10.6. The normalized spacial score (nSPS) is 13.7. The number of carboxylic acid groups (broad SMARTS) is 1. The van der Waals surface area contributed by atoms with Crippen molar-refractivity contribution in [3.63, 3.8) is 0 Å². The van der Waals surface area contributed by atoms with E-state index in [0.29, 0.717) is 31.7 Å². The minimum Gasteiger partial charge on any atom is -0.475 e. The summed E-state index contributed by atoms with van der Waals surface area (Å²) in [5, 5.41) is 10.4. The Balaban J connectivity index is 0.000000675. The van der Waals surface area contributed by atoms with Crippen LogP contribution in [0.25, 0.3) is 0 Å². The van der Waals surface area contributed by atoms with Gasteiger partial charge in [-0.1, -0.05) is 17.2 Å². The van der Waals surface area contributed by atoms with Crippen LogP contribution < -0.4 is 5.32 Å². The van der Waals surface area contributed by atoms with E-state index >= 15 is 0 Å². The second kappa shape index (κ2) is 13.8. The van der Waals surface area contributed by atoms with Gasteiger partial charge in [0.2, 0.25) is 5.91 Å². The molecule has 2 amide bonds. The van der Waals surface area contributed by atoms with E-state index in [4.69, 9.17) is 14.6 Å². The Morgan fingerprint density at radius 3 is 2.12 bits per heavy atom. The largest absolute Gasteiger partial charge is 0.490 e. The predicted molar refractivity (Wildman–Crippen MR) is 116 cm³/mol. The number of methoxy groups -OCH3 is 1. The quantitative estimate of drug-likeness (QED) is 0.560. The molecule has 0 aliphatic carbocycles. The fourth-order valence-electron chi connectivity index (χ4n) is 3.30. The number of carbonyl (C=O) groups is 3. The summed E-state index contributed by atoms with van der Waals surface area (Å²) in [5.74, 6) is -2.65. The number of benzene rings is 1. The molecule has 1 aliphatic rings. The highest BCUT2D eigenvalue weighted by Crippen LogP contribution is 2.14. The number of ether oxygens (including phenoxy) is 1. The highest BCUT2D eigenvalue weighted by atomic mass is 19.4. The number of carbonyl (C=O) groups excluding carboxylic acids is 2. The Bertz CT molecular complexity index is 776. The molecule has 0 radical (unpaired) electrons. The van der Waals surface area contributed by atoms with Crippen molar-refractivity contribution in [2.24, 2.45) is 0 Å². The topological polar surface area (TPSA) is 99.2 Å². The molecule has 2 N–H and O–H groups in total. The summed E-state index contributed by atoms with van der Waals surface area (Å²) in [7, 11) is 1.66. The van der Waals surface area contributed by atoms with Crippen molar-refractivity contribution in [3.8, 4) is 0 Å². The van der Waals surface area contributed by atoms with Gasteiger partial charge >= 0.3 is 12.1 Å². The lowest BCUT2D eigenvalue weighted by Gasteiger charge is -2.29. The van der Waals surface area contributed by atoms with Crippen LogP contribution in [0.1, 0.15) is 34.3 Å². The molecule has 1 aromatic rings. The van der Waals surface area contributed by atoms with Crippen molar-refractivity contribution in [1.82, 2.24) is 15.1 Å². The van der Waals surface area contributed by atoms with Crippen LogP contribution in [0, 0.1) is 13.8 Å². The van der Waals surface area contributed by atoms with Gasteiger partial charge in [-0.25, -0.2) is 4.79 Å².